The van der Waals surface area contributed by atoms with Crippen molar-refractivity contribution in [2.75, 3.05) is 26.2 Å². The molecule has 0 atom stereocenters. The van der Waals surface area contributed by atoms with Crippen molar-refractivity contribution in [1.29, 1.82) is 0 Å². The topological polar surface area (TPSA) is 54.8 Å². The average Bonchev–Trinajstić information content (AvgIpc) is 3.30. The van der Waals surface area contributed by atoms with Gasteiger partial charge in [-0.2, -0.15) is 0 Å². The van der Waals surface area contributed by atoms with E-state index >= 15 is 0 Å². The number of likely N-dealkylation sites (tertiary alicyclic amines) is 1. The molecule has 2 aliphatic heterocycles. The van der Waals surface area contributed by atoms with Gasteiger partial charge in [0.15, 0.2) is 0 Å². The number of rotatable bonds is 3. The second-order valence-electron chi connectivity index (χ2n) is 11.8. The van der Waals surface area contributed by atoms with E-state index in [1.165, 1.54) is 5.56 Å². The van der Waals surface area contributed by atoms with Crippen LogP contribution in [0, 0.1) is 19.3 Å². The fourth-order valence-electron chi connectivity index (χ4n) is 6.53. The SMILES string of the molecule is Cc1ccc(C)n1-c1cccc(C(=O)N2CCC3(CCCCc4ccccc4OCCN(C(C)C)C3=O)CC2)c1. The maximum atomic E-state index is 14.2. The highest BCUT2D eigenvalue weighted by Gasteiger charge is 2.44. The molecule has 2 amide bonds. The van der Waals surface area contributed by atoms with Gasteiger partial charge in [0, 0.05) is 41.8 Å². The Hall–Kier alpha value is -3.54. The van der Waals surface area contributed by atoms with Crippen LogP contribution in [0.5, 0.6) is 5.75 Å². The molecule has 0 N–H and O–H groups in total. The van der Waals surface area contributed by atoms with Crippen LogP contribution < -0.4 is 4.74 Å². The molecule has 1 aromatic heterocycles. The van der Waals surface area contributed by atoms with Crippen molar-refractivity contribution in [1.82, 2.24) is 14.4 Å². The number of hydrogen-bond donors (Lipinski definition) is 0. The number of fused-ring (bicyclic) bond motifs is 1. The summed E-state index contributed by atoms with van der Waals surface area (Å²) in [6.45, 7) is 10.6. The van der Waals surface area contributed by atoms with Gasteiger partial charge in [0.05, 0.1) is 12.0 Å². The van der Waals surface area contributed by atoms with E-state index in [0.717, 1.165) is 48.5 Å². The summed E-state index contributed by atoms with van der Waals surface area (Å²) >= 11 is 0. The van der Waals surface area contributed by atoms with Crippen molar-refractivity contribution in [3.63, 3.8) is 0 Å². The van der Waals surface area contributed by atoms with E-state index in [4.69, 9.17) is 4.74 Å². The van der Waals surface area contributed by atoms with Crippen molar-refractivity contribution < 1.29 is 14.3 Å². The van der Waals surface area contributed by atoms with Gasteiger partial charge in [0.1, 0.15) is 12.4 Å². The quantitative estimate of drug-likeness (QED) is 0.388. The van der Waals surface area contributed by atoms with E-state index in [1.54, 1.807) is 0 Å². The zero-order chi connectivity index (χ0) is 28.3. The lowest BCUT2D eigenvalue weighted by Crippen LogP contribution is -2.53. The van der Waals surface area contributed by atoms with Crippen LogP contribution in [0.25, 0.3) is 5.69 Å². The number of ether oxygens (including phenoxy) is 1. The summed E-state index contributed by atoms with van der Waals surface area (Å²) < 4.78 is 8.34. The second kappa shape index (κ2) is 11.9. The first-order chi connectivity index (χ1) is 19.3. The molecule has 2 aliphatic rings. The van der Waals surface area contributed by atoms with Crippen molar-refractivity contribution in [2.24, 2.45) is 5.41 Å². The molecular formula is C34H43N3O3. The van der Waals surface area contributed by atoms with Crippen LogP contribution >= 0.6 is 0 Å². The fraction of sp³-hybridized carbons (Fsp3) is 0.471. The van der Waals surface area contributed by atoms with Crippen molar-refractivity contribution in [3.8, 4) is 11.4 Å². The smallest absolute Gasteiger partial charge is 0.253 e. The van der Waals surface area contributed by atoms with Crippen LogP contribution in [-0.2, 0) is 11.2 Å². The number of aromatic nitrogens is 1. The number of carbonyl (C=O) groups is 2. The molecule has 1 spiro atoms. The number of nitrogens with zero attached hydrogens (tertiary/aromatic N) is 3. The fourth-order valence-corrected chi connectivity index (χ4v) is 6.53. The number of aryl methyl sites for hydroxylation is 3. The Labute approximate surface area is 238 Å². The van der Waals surface area contributed by atoms with Crippen molar-refractivity contribution in [2.45, 2.75) is 72.3 Å². The lowest BCUT2D eigenvalue weighted by atomic mass is 9.72. The molecule has 0 saturated carbocycles. The summed E-state index contributed by atoms with van der Waals surface area (Å²) in [6.07, 6.45) is 5.22. The third-order valence-electron chi connectivity index (χ3n) is 8.88. The lowest BCUT2D eigenvalue weighted by Gasteiger charge is -2.44. The van der Waals surface area contributed by atoms with Crippen LogP contribution in [0.15, 0.2) is 60.7 Å². The Bertz CT molecular complexity index is 1330. The highest BCUT2D eigenvalue weighted by molar-refractivity contribution is 5.95. The molecule has 1 saturated heterocycles. The van der Waals surface area contributed by atoms with Crippen LogP contribution in [0.3, 0.4) is 0 Å². The van der Waals surface area contributed by atoms with E-state index in [1.807, 2.05) is 46.2 Å². The van der Waals surface area contributed by atoms with Crippen LogP contribution in [-0.4, -0.2) is 58.5 Å². The summed E-state index contributed by atoms with van der Waals surface area (Å²) in [7, 11) is 0. The molecule has 3 aromatic rings. The van der Waals surface area contributed by atoms with E-state index in [0.29, 0.717) is 44.6 Å². The molecule has 1 fully saturated rings. The number of hydrogen-bond acceptors (Lipinski definition) is 3. The third-order valence-corrected chi connectivity index (χ3v) is 8.88. The standard InChI is InChI=1S/C34H43N3O3/c1-25(2)36-22-23-40-31-14-6-5-10-28(31)11-7-8-17-34(33(36)39)18-20-35(21-19-34)32(38)29-12-9-13-30(24-29)37-26(3)15-16-27(37)4/h5-6,9-10,12-16,24-25H,7-8,11,17-23H2,1-4H3. The first kappa shape index (κ1) is 28.0. The van der Waals surface area contributed by atoms with E-state index in [-0.39, 0.29) is 17.9 Å². The maximum absolute atomic E-state index is 14.2. The van der Waals surface area contributed by atoms with E-state index < -0.39 is 5.41 Å². The number of piperidine rings is 1. The summed E-state index contributed by atoms with van der Waals surface area (Å²) in [5.41, 5.74) is 4.81. The van der Waals surface area contributed by atoms with Gasteiger partial charge in [0.2, 0.25) is 5.91 Å². The molecule has 0 unspecified atom stereocenters. The minimum absolute atomic E-state index is 0.0467. The zero-order valence-electron chi connectivity index (χ0n) is 24.5. The summed E-state index contributed by atoms with van der Waals surface area (Å²) in [5, 5.41) is 0. The van der Waals surface area contributed by atoms with Gasteiger partial charge in [-0.3, -0.25) is 9.59 Å². The minimum atomic E-state index is -0.430. The Morgan fingerprint density at radius 3 is 2.33 bits per heavy atom. The molecule has 40 heavy (non-hydrogen) atoms. The van der Waals surface area contributed by atoms with Gasteiger partial charge in [0.25, 0.3) is 5.91 Å². The summed E-state index contributed by atoms with van der Waals surface area (Å²) in [4.78, 5) is 31.8. The highest BCUT2D eigenvalue weighted by atomic mass is 16.5. The Morgan fingerprint density at radius 2 is 1.60 bits per heavy atom. The third kappa shape index (κ3) is 5.67. The molecule has 3 heterocycles. The first-order valence-corrected chi connectivity index (χ1v) is 14.9. The van der Waals surface area contributed by atoms with Crippen LogP contribution in [0.2, 0.25) is 0 Å². The molecule has 0 radical (unpaired) electrons. The number of para-hydroxylation sites is 1. The van der Waals surface area contributed by atoms with Crippen LogP contribution in [0.4, 0.5) is 0 Å². The molecule has 6 nitrogen and oxygen atoms in total. The molecule has 0 bridgehead atoms. The van der Waals surface area contributed by atoms with Gasteiger partial charge in [-0.05, 0) is 102 Å². The number of amides is 2. The van der Waals surface area contributed by atoms with Crippen molar-refractivity contribution >= 4 is 11.8 Å². The lowest BCUT2D eigenvalue weighted by molar-refractivity contribution is -0.148. The highest BCUT2D eigenvalue weighted by Crippen LogP contribution is 2.40. The maximum Gasteiger partial charge on any atom is 0.253 e. The molecule has 212 valence electrons. The molecule has 0 aliphatic carbocycles. The normalized spacial score (nSPS) is 18.2. The van der Waals surface area contributed by atoms with Crippen LogP contribution in [0.1, 0.15) is 73.3 Å². The van der Waals surface area contributed by atoms with Crippen molar-refractivity contribution in [3.05, 3.63) is 83.2 Å². The minimum Gasteiger partial charge on any atom is -0.491 e. The summed E-state index contributed by atoms with van der Waals surface area (Å²) in [5.74, 6) is 1.21. The molecule has 2 aromatic carbocycles. The van der Waals surface area contributed by atoms with Gasteiger partial charge >= 0.3 is 0 Å². The first-order valence-electron chi connectivity index (χ1n) is 14.9. The van der Waals surface area contributed by atoms with Gasteiger partial charge in [-0.1, -0.05) is 30.7 Å². The Balaban J connectivity index is 1.32. The number of carbonyl (C=O) groups excluding carboxylic acids is 2. The molecule has 5 rings (SSSR count). The molecular weight excluding hydrogens is 498 g/mol. The average molecular weight is 542 g/mol. The zero-order valence-corrected chi connectivity index (χ0v) is 24.5. The molecule has 6 heteroatoms. The van der Waals surface area contributed by atoms with E-state index in [9.17, 15) is 9.59 Å². The monoisotopic (exact) mass is 541 g/mol. The Kier molecular flexibility index (Phi) is 8.34. The largest absolute Gasteiger partial charge is 0.491 e. The predicted octanol–water partition coefficient (Wildman–Crippen LogP) is 6.36. The van der Waals surface area contributed by atoms with Gasteiger partial charge < -0.3 is 19.1 Å². The predicted molar refractivity (Wildman–Crippen MR) is 159 cm³/mol. The van der Waals surface area contributed by atoms with Gasteiger partial charge in [-0.25, -0.2) is 0 Å². The Morgan fingerprint density at radius 1 is 0.875 bits per heavy atom. The summed E-state index contributed by atoms with van der Waals surface area (Å²) in [6, 6.07) is 20.5. The second-order valence-corrected chi connectivity index (χ2v) is 11.8. The van der Waals surface area contributed by atoms with Gasteiger partial charge in [-0.15, -0.1) is 0 Å². The van der Waals surface area contributed by atoms with E-state index in [2.05, 4.69) is 56.5 Å². The number of benzene rings is 2.